The Morgan fingerprint density at radius 2 is 1.94 bits per heavy atom. The number of amides is 2. The predicted octanol–water partition coefficient (Wildman–Crippen LogP) is 4.41. The lowest BCUT2D eigenvalue weighted by Crippen LogP contribution is -2.46. The van der Waals surface area contributed by atoms with Gasteiger partial charge in [-0.25, -0.2) is 13.2 Å². The summed E-state index contributed by atoms with van der Waals surface area (Å²) in [5.74, 6) is -3.87. The van der Waals surface area contributed by atoms with Gasteiger partial charge in [0, 0.05) is 56.0 Å². The van der Waals surface area contributed by atoms with Crippen molar-refractivity contribution in [1.82, 2.24) is 15.2 Å². The fourth-order valence-electron chi connectivity index (χ4n) is 6.63. The van der Waals surface area contributed by atoms with Crippen molar-refractivity contribution >= 4 is 22.7 Å². The first kappa shape index (κ1) is 23.9. The summed E-state index contributed by atoms with van der Waals surface area (Å²) in [6.45, 7) is 4.11. The second-order valence-corrected chi connectivity index (χ2v) is 11.2. The lowest BCUT2D eigenvalue weighted by molar-refractivity contribution is -0.134. The van der Waals surface area contributed by atoms with Gasteiger partial charge in [-0.05, 0) is 56.2 Å². The van der Waals surface area contributed by atoms with Gasteiger partial charge in [-0.15, -0.1) is 0 Å². The maximum atomic E-state index is 16.0. The van der Waals surface area contributed by atoms with Crippen LogP contribution in [0.4, 0.5) is 13.2 Å². The Labute approximate surface area is 207 Å². The molecule has 9 heteroatoms. The molecule has 4 aliphatic rings. The Balaban J connectivity index is 1.22. The van der Waals surface area contributed by atoms with Crippen LogP contribution >= 0.6 is 0 Å². The van der Waals surface area contributed by atoms with Crippen LogP contribution in [-0.2, 0) is 19.9 Å². The van der Waals surface area contributed by atoms with Gasteiger partial charge in [0.1, 0.15) is 17.0 Å². The highest BCUT2D eigenvalue weighted by molar-refractivity contribution is 6.01. The molecule has 3 saturated heterocycles. The Morgan fingerprint density at radius 1 is 1.17 bits per heavy atom. The van der Waals surface area contributed by atoms with Crippen LogP contribution in [0.2, 0.25) is 0 Å². The number of likely N-dealkylation sites (tertiary alicyclic amines) is 1. The number of hydrogen-bond acceptors (Lipinski definition) is 5. The van der Waals surface area contributed by atoms with Crippen molar-refractivity contribution in [1.29, 1.82) is 0 Å². The van der Waals surface area contributed by atoms with Crippen molar-refractivity contribution in [2.45, 2.75) is 74.9 Å². The zero-order chi connectivity index (χ0) is 25.3. The highest BCUT2D eigenvalue weighted by atomic mass is 19.3. The zero-order valence-corrected chi connectivity index (χ0v) is 20.3. The van der Waals surface area contributed by atoms with E-state index < -0.39 is 23.0 Å². The van der Waals surface area contributed by atoms with Gasteiger partial charge >= 0.3 is 0 Å². The van der Waals surface area contributed by atoms with Crippen molar-refractivity contribution in [3.63, 3.8) is 0 Å². The molecule has 0 spiro atoms. The van der Waals surface area contributed by atoms with Crippen LogP contribution in [0.5, 0.6) is 0 Å². The van der Waals surface area contributed by atoms with Crippen molar-refractivity contribution in [3.05, 3.63) is 41.3 Å². The molecular formula is C27H30F3N3O3. The SMILES string of the molecule is CC12CN(CC3CCC(F)(F)CC3)CCC1(c1ccc3ncc(C4CCC(=O)NC4=O)cc3c1F)O2. The highest BCUT2D eigenvalue weighted by Gasteiger charge is 2.70. The molecule has 4 heterocycles. The maximum absolute atomic E-state index is 16.0. The summed E-state index contributed by atoms with van der Waals surface area (Å²) in [5, 5.41) is 2.69. The van der Waals surface area contributed by atoms with Crippen LogP contribution in [0.15, 0.2) is 24.4 Å². The first-order valence-corrected chi connectivity index (χ1v) is 12.8. The molecule has 3 atom stereocenters. The molecule has 36 heavy (non-hydrogen) atoms. The smallest absolute Gasteiger partial charge is 0.248 e. The van der Waals surface area contributed by atoms with E-state index in [-0.39, 0.29) is 42.8 Å². The molecule has 1 saturated carbocycles. The van der Waals surface area contributed by atoms with E-state index in [1.54, 1.807) is 24.4 Å². The molecule has 6 nitrogen and oxygen atoms in total. The number of carbonyl (C=O) groups excluding carboxylic acids is 2. The van der Waals surface area contributed by atoms with Gasteiger partial charge in [-0.3, -0.25) is 24.8 Å². The van der Waals surface area contributed by atoms with Crippen molar-refractivity contribution < 1.29 is 27.5 Å². The van der Waals surface area contributed by atoms with Gasteiger partial charge in [-0.1, -0.05) is 6.07 Å². The molecule has 6 rings (SSSR count). The number of imide groups is 1. The number of aromatic nitrogens is 1. The van der Waals surface area contributed by atoms with E-state index in [9.17, 15) is 18.4 Å². The van der Waals surface area contributed by atoms with Crippen molar-refractivity contribution in [2.24, 2.45) is 5.92 Å². The van der Waals surface area contributed by atoms with E-state index in [1.807, 2.05) is 6.92 Å². The molecule has 2 aromatic rings. The number of ether oxygens (including phenoxy) is 1. The third kappa shape index (κ3) is 3.91. The topological polar surface area (TPSA) is 74.8 Å². The van der Waals surface area contributed by atoms with E-state index in [0.29, 0.717) is 60.8 Å². The molecule has 2 amide bonds. The number of piperidine rings is 2. The zero-order valence-electron chi connectivity index (χ0n) is 20.3. The van der Waals surface area contributed by atoms with Gasteiger partial charge in [0.15, 0.2) is 0 Å². The molecule has 1 aromatic carbocycles. The molecule has 3 aliphatic heterocycles. The Hall–Kier alpha value is -2.52. The second kappa shape index (κ2) is 8.25. The minimum absolute atomic E-state index is 0.0413. The van der Waals surface area contributed by atoms with Gasteiger partial charge in [0.05, 0.1) is 11.4 Å². The number of fused-ring (bicyclic) bond motifs is 2. The Kier molecular flexibility index (Phi) is 5.46. The highest BCUT2D eigenvalue weighted by Crippen LogP contribution is 2.61. The number of alkyl halides is 2. The second-order valence-electron chi connectivity index (χ2n) is 11.2. The maximum Gasteiger partial charge on any atom is 0.248 e. The monoisotopic (exact) mass is 501 g/mol. The van der Waals surface area contributed by atoms with Crippen LogP contribution in [0.1, 0.15) is 68.9 Å². The largest absolute Gasteiger partial charge is 0.356 e. The van der Waals surface area contributed by atoms with Crippen LogP contribution < -0.4 is 5.32 Å². The number of pyridine rings is 1. The van der Waals surface area contributed by atoms with Gasteiger partial charge in [0.2, 0.25) is 17.7 Å². The van der Waals surface area contributed by atoms with Gasteiger partial charge in [0.25, 0.3) is 0 Å². The number of benzene rings is 1. The summed E-state index contributed by atoms with van der Waals surface area (Å²) in [5.41, 5.74) is 0.307. The van der Waals surface area contributed by atoms with E-state index in [0.717, 1.165) is 6.54 Å². The van der Waals surface area contributed by atoms with Gasteiger partial charge < -0.3 is 4.74 Å². The van der Waals surface area contributed by atoms with E-state index in [1.165, 1.54) is 0 Å². The third-order valence-electron chi connectivity index (χ3n) is 8.77. The first-order chi connectivity index (χ1) is 17.1. The number of halogens is 3. The minimum atomic E-state index is -2.53. The number of nitrogens with one attached hydrogen (secondary N) is 1. The van der Waals surface area contributed by atoms with Crippen LogP contribution in [0.25, 0.3) is 10.9 Å². The molecule has 1 N–H and O–H groups in total. The number of hydrogen-bond donors (Lipinski definition) is 1. The Morgan fingerprint density at radius 3 is 2.67 bits per heavy atom. The van der Waals surface area contributed by atoms with Gasteiger partial charge in [-0.2, -0.15) is 0 Å². The first-order valence-electron chi connectivity index (χ1n) is 12.8. The lowest BCUT2D eigenvalue weighted by Gasteiger charge is -2.37. The average Bonchev–Trinajstić information content (AvgIpc) is 3.46. The van der Waals surface area contributed by atoms with Crippen LogP contribution in [0.3, 0.4) is 0 Å². The minimum Gasteiger partial charge on any atom is -0.356 e. The molecule has 3 unspecified atom stereocenters. The fraction of sp³-hybridized carbons (Fsp3) is 0.593. The number of epoxide rings is 1. The van der Waals surface area contributed by atoms with Crippen molar-refractivity contribution in [2.75, 3.05) is 19.6 Å². The lowest BCUT2D eigenvalue weighted by atomic mass is 9.79. The molecular weight excluding hydrogens is 471 g/mol. The van der Waals surface area contributed by atoms with Crippen LogP contribution in [-0.4, -0.2) is 52.9 Å². The number of nitrogens with zero attached hydrogens (tertiary/aromatic N) is 2. The normalized spacial score (nSPS) is 32.8. The number of carbonyl (C=O) groups is 2. The summed E-state index contributed by atoms with van der Waals surface area (Å²) in [7, 11) is 0. The molecule has 4 fully saturated rings. The standard InChI is InChI=1S/C27H30F3N3O3/c1-25-15-33(14-16-6-8-26(29,30)9-7-16)11-10-27(25,36-25)20-3-4-21-19(23(20)28)12-17(13-31-21)18-2-5-22(34)32-24(18)35/h3-4,12-13,16,18H,2,5-11,14-15H2,1H3,(H,32,34,35). The quantitative estimate of drug-likeness (QED) is 0.496. The Bertz CT molecular complexity index is 1240. The molecule has 0 radical (unpaired) electrons. The molecule has 1 aliphatic carbocycles. The summed E-state index contributed by atoms with van der Waals surface area (Å²) in [6, 6.07) is 5.21. The molecule has 0 bridgehead atoms. The van der Waals surface area contributed by atoms with E-state index >= 15 is 4.39 Å². The number of rotatable bonds is 4. The summed E-state index contributed by atoms with van der Waals surface area (Å²) < 4.78 is 49.3. The average molecular weight is 502 g/mol. The van der Waals surface area contributed by atoms with E-state index in [2.05, 4.69) is 15.2 Å². The summed E-state index contributed by atoms with van der Waals surface area (Å²) >= 11 is 0. The summed E-state index contributed by atoms with van der Waals surface area (Å²) in [6.07, 6.45) is 3.81. The predicted molar refractivity (Wildman–Crippen MR) is 126 cm³/mol. The molecule has 192 valence electrons. The third-order valence-corrected chi connectivity index (χ3v) is 8.77. The van der Waals surface area contributed by atoms with E-state index in [4.69, 9.17) is 4.74 Å². The summed E-state index contributed by atoms with van der Waals surface area (Å²) in [4.78, 5) is 30.5. The molecule has 1 aromatic heterocycles. The van der Waals surface area contributed by atoms with Crippen molar-refractivity contribution in [3.8, 4) is 0 Å². The van der Waals surface area contributed by atoms with Crippen LogP contribution in [0, 0.1) is 11.7 Å². The fourth-order valence-corrected chi connectivity index (χ4v) is 6.63.